The van der Waals surface area contributed by atoms with E-state index in [0.717, 1.165) is 18.5 Å². The summed E-state index contributed by atoms with van der Waals surface area (Å²) in [5.41, 5.74) is 2.35. The third-order valence-electron chi connectivity index (χ3n) is 4.25. The molecule has 0 aliphatic heterocycles. The van der Waals surface area contributed by atoms with Crippen LogP contribution in [0.25, 0.3) is 0 Å². The first kappa shape index (κ1) is 14.7. The molecule has 3 heteroatoms. The van der Waals surface area contributed by atoms with Crippen LogP contribution >= 0.6 is 11.3 Å². The molecule has 0 radical (unpaired) electrons. The minimum atomic E-state index is -0.0986. The molecule has 0 amide bonds. The number of hydrogen-bond donors (Lipinski definition) is 1. The van der Waals surface area contributed by atoms with Crippen molar-refractivity contribution in [2.45, 2.75) is 45.1 Å². The normalized spacial score (nSPS) is 15.7. The molecule has 3 rings (SSSR count). The summed E-state index contributed by atoms with van der Waals surface area (Å²) in [6.07, 6.45) is 5.90. The summed E-state index contributed by atoms with van der Waals surface area (Å²) in [5.74, 6) is -0.0986. The number of hydrogen-bond acceptors (Lipinski definition) is 2. The number of rotatable bonds is 5. The average Bonchev–Trinajstić information content (AvgIpc) is 2.93. The molecule has 21 heavy (non-hydrogen) atoms. The molecule has 0 bridgehead atoms. The van der Waals surface area contributed by atoms with E-state index in [1.807, 2.05) is 23.5 Å². The molecule has 1 nitrogen and oxygen atoms in total. The van der Waals surface area contributed by atoms with Gasteiger partial charge in [0, 0.05) is 15.8 Å². The van der Waals surface area contributed by atoms with E-state index in [-0.39, 0.29) is 5.82 Å². The van der Waals surface area contributed by atoms with Gasteiger partial charge in [0.2, 0.25) is 0 Å². The molecule has 1 atom stereocenters. The van der Waals surface area contributed by atoms with Crippen LogP contribution in [0.4, 0.5) is 4.39 Å². The van der Waals surface area contributed by atoms with E-state index < -0.39 is 0 Å². The van der Waals surface area contributed by atoms with Gasteiger partial charge >= 0.3 is 0 Å². The van der Waals surface area contributed by atoms with Crippen molar-refractivity contribution in [2.75, 3.05) is 6.54 Å². The van der Waals surface area contributed by atoms with Gasteiger partial charge in [0.15, 0.2) is 0 Å². The van der Waals surface area contributed by atoms with E-state index in [9.17, 15) is 4.39 Å². The second-order valence-electron chi connectivity index (χ2n) is 5.82. The fourth-order valence-corrected chi connectivity index (χ4v) is 4.24. The van der Waals surface area contributed by atoms with E-state index >= 15 is 0 Å². The fourth-order valence-electron chi connectivity index (χ4n) is 2.95. The Morgan fingerprint density at radius 2 is 2.05 bits per heavy atom. The Kier molecular flexibility index (Phi) is 4.71. The smallest absolute Gasteiger partial charge is 0.126 e. The van der Waals surface area contributed by atoms with Crippen LogP contribution in [0.1, 0.15) is 46.7 Å². The van der Waals surface area contributed by atoms with Gasteiger partial charge in [0.1, 0.15) is 5.82 Å². The molecule has 112 valence electrons. The predicted molar refractivity (Wildman–Crippen MR) is 87.5 cm³/mol. The Labute approximate surface area is 130 Å². The van der Waals surface area contributed by atoms with Gasteiger partial charge in [-0.1, -0.05) is 18.2 Å². The minimum absolute atomic E-state index is 0.0986. The Hall–Kier alpha value is -1.19. The highest BCUT2D eigenvalue weighted by Crippen LogP contribution is 2.32. The van der Waals surface area contributed by atoms with Crippen molar-refractivity contribution < 1.29 is 4.39 Å². The number of nitrogens with one attached hydrogen (secondary N) is 1. The van der Waals surface area contributed by atoms with Crippen molar-refractivity contribution in [3.8, 4) is 0 Å². The Morgan fingerprint density at radius 3 is 2.86 bits per heavy atom. The molecule has 1 aromatic carbocycles. The van der Waals surface area contributed by atoms with E-state index in [0.29, 0.717) is 6.04 Å². The molecule has 0 saturated heterocycles. The number of halogens is 1. The number of aryl methyl sites for hydroxylation is 2. The molecule has 0 spiro atoms. The maximum Gasteiger partial charge on any atom is 0.126 e. The standard InChI is InChI=1S/C18H22FNS/c1-13(18-12-15-7-3-5-9-17(15)21-18)20-11-10-14-6-2-4-8-16(14)19/h2,4,6,8,12-13,20H,3,5,7,9-11H2,1H3. The summed E-state index contributed by atoms with van der Waals surface area (Å²) in [7, 11) is 0. The molecule has 0 saturated carbocycles. The summed E-state index contributed by atoms with van der Waals surface area (Å²) in [6, 6.07) is 9.77. The lowest BCUT2D eigenvalue weighted by Crippen LogP contribution is -2.20. The molecule has 1 aliphatic carbocycles. The Bertz CT molecular complexity index is 582. The van der Waals surface area contributed by atoms with Gasteiger partial charge < -0.3 is 5.32 Å². The lowest BCUT2D eigenvalue weighted by atomic mass is 9.99. The summed E-state index contributed by atoms with van der Waals surface area (Å²) in [4.78, 5) is 3.01. The van der Waals surface area contributed by atoms with E-state index in [1.54, 1.807) is 16.5 Å². The van der Waals surface area contributed by atoms with Crippen molar-refractivity contribution in [1.82, 2.24) is 5.32 Å². The highest BCUT2D eigenvalue weighted by atomic mass is 32.1. The average molecular weight is 303 g/mol. The lowest BCUT2D eigenvalue weighted by molar-refractivity contribution is 0.564. The van der Waals surface area contributed by atoms with Crippen molar-refractivity contribution in [2.24, 2.45) is 0 Å². The molecule has 1 aliphatic rings. The topological polar surface area (TPSA) is 12.0 Å². The van der Waals surface area contributed by atoms with Gasteiger partial charge in [-0.05, 0) is 68.8 Å². The minimum Gasteiger partial charge on any atom is -0.309 e. The van der Waals surface area contributed by atoms with Crippen molar-refractivity contribution in [3.63, 3.8) is 0 Å². The summed E-state index contributed by atoms with van der Waals surface area (Å²) < 4.78 is 13.6. The Balaban J connectivity index is 1.55. The first-order valence-corrected chi connectivity index (χ1v) is 8.64. The summed E-state index contributed by atoms with van der Waals surface area (Å²) in [6.45, 7) is 3.02. The van der Waals surface area contributed by atoms with Gasteiger partial charge in [-0.2, -0.15) is 0 Å². The van der Waals surface area contributed by atoms with Gasteiger partial charge in [-0.25, -0.2) is 4.39 Å². The van der Waals surface area contributed by atoms with Crippen molar-refractivity contribution >= 4 is 11.3 Å². The molecular weight excluding hydrogens is 281 g/mol. The van der Waals surface area contributed by atoms with Gasteiger partial charge in [-0.3, -0.25) is 0 Å². The van der Waals surface area contributed by atoms with Crippen LogP contribution in [-0.2, 0) is 19.3 Å². The zero-order valence-corrected chi connectivity index (χ0v) is 13.3. The SMILES string of the molecule is CC(NCCc1ccccc1F)c1cc2c(s1)CCCC2. The second-order valence-corrected chi connectivity index (χ2v) is 6.99. The van der Waals surface area contributed by atoms with Crippen LogP contribution < -0.4 is 5.32 Å². The lowest BCUT2D eigenvalue weighted by Gasteiger charge is -2.12. The third kappa shape index (κ3) is 3.53. The third-order valence-corrected chi connectivity index (χ3v) is 5.66. The zero-order valence-electron chi connectivity index (χ0n) is 12.5. The molecule has 1 heterocycles. The van der Waals surface area contributed by atoms with E-state index in [4.69, 9.17) is 0 Å². The number of fused-ring (bicyclic) bond motifs is 1. The molecule has 1 unspecified atom stereocenters. The van der Waals surface area contributed by atoms with Crippen LogP contribution in [0, 0.1) is 5.82 Å². The highest BCUT2D eigenvalue weighted by Gasteiger charge is 2.16. The van der Waals surface area contributed by atoms with Crippen molar-refractivity contribution in [1.29, 1.82) is 0 Å². The predicted octanol–water partition coefficient (Wildman–Crippen LogP) is 4.66. The summed E-state index contributed by atoms with van der Waals surface area (Å²) in [5, 5.41) is 3.53. The quantitative estimate of drug-likeness (QED) is 0.847. The van der Waals surface area contributed by atoms with Crippen LogP contribution in [0.2, 0.25) is 0 Å². The number of benzene rings is 1. The molecule has 0 fully saturated rings. The molecule has 2 aromatic rings. The monoisotopic (exact) mass is 303 g/mol. The largest absolute Gasteiger partial charge is 0.309 e. The van der Waals surface area contributed by atoms with Crippen LogP contribution in [-0.4, -0.2) is 6.54 Å². The van der Waals surface area contributed by atoms with E-state index in [1.165, 1.54) is 36.6 Å². The van der Waals surface area contributed by atoms with Gasteiger partial charge in [0.05, 0.1) is 0 Å². The maximum absolute atomic E-state index is 13.6. The summed E-state index contributed by atoms with van der Waals surface area (Å²) >= 11 is 1.96. The molecular formula is C18H22FNS. The Morgan fingerprint density at radius 1 is 1.24 bits per heavy atom. The second kappa shape index (κ2) is 6.71. The van der Waals surface area contributed by atoms with Gasteiger partial charge in [0.25, 0.3) is 0 Å². The first-order valence-electron chi connectivity index (χ1n) is 7.82. The first-order chi connectivity index (χ1) is 10.2. The van der Waals surface area contributed by atoms with E-state index in [2.05, 4.69) is 18.3 Å². The molecule has 1 aromatic heterocycles. The maximum atomic E-state index is 13.6. The van der Waals surface area contributed by atoms with Gasteiger partial charge in [-0.15, -0.1) is 11.3 Å². The van der Waals surface area contributed by atoms with Crippen molar-refractivity contribution in [3.05, 3.63) is 57.0 Å². The van der Waals surface area contributed by atoms with Crippen LogP contribution in [0.5, 0.6) is 0 Å². The molecule has 1 N–H and O–H groups in total. The van der Waals surface area contributed by atoms with Crippen LogP contribution in [0.3, 0.4) is 0 Å². The fraction of sp³-hybridized carbons (Fsp3) is 0.444. The zero-order chi connectivity index (χ0) is 14.7. The highest BCUT2D eigenvalue weighted by molar-refractivity contribution is 7.12. The van der Waals surface area contributed by atoms with Crippen LogP contribution in [0.15, 0.2) is 30.3 Å². The number of thiophene rings is 1.